The Morgan fingerprint density at radius 2 is 2.00 bits per heavy atom. The van der Waals surface area contributed by atoms with E-state index in [0.29, 0.717) is 11.6 Å². The number of sulfonamides is 1. The number of benzene rings is 1. The van der Waals surface area contributed by atoms with Crippen LogP contribution in [0, 0.1) is 0 Å². The summed E-state index contributed by atoms with van der Waals surface area (Å²) in [6.45, 7) is 3.65. The second kappa shape index (κ2) is 6.65. The molecule has 8 heteroatoms. The topological polar surface area (TPSA) is 66.5 Å². The smallest absolute Gasteiger partial charge is 0.243 e. The van der Waals surface area contributed by atoms with E-state index in [1.807, 2.05) is 0 Å². The molecule has 1 aromatic rings. The summed E-state index contributed by atoms with van der Waals surface area (Å²) in [5, 5.41) is 3.12. The fraction of sp³-hybridized carbons (Fsp3) is 0.417. The molecule has 1 aromatic carbocycles. The molecule has 0 aliphatic rings. The SMILES string of the molecule is CCNC(=O)[C@H](C)N(c1cc(Cl)ccc1Cl)S(C)(=O)=O. The number of nitrogens with one attached hydrogen (secondary N) is 1. The first-order valence-electron chi connectivity index (χ1n) is 5.90. The zero-order valence-corrected chi connectivity index (χ0v) is 13.7. The van der Waals surface area contributed by atoms with Gasteiger partial charge in [0.2, 0.25) is 15.9 Å². The Morgan fingerprint density at radius 1 is 1.40 bits per heavy atom. The largest absolute Gasteiger partial charge is 0.355 e. The van der Waals surface area contributed by atoms with Gasteiger partial charge in [-0.05, 0) is 32.0 Å². The van der Waals surface area contributed by atoms with Gasteiger partial charge in [0.15, 0.2) is 0 Å². The number of anilines is 1. The quantitative estimate of drug-likeness (QED) is 0.895. The van der Waals surface area contributed by atoms with Gasteiger partial charge in [0, 0.05) is 11.6 Å². The van der Waals surface area contributed by atoms with Crippen molar-refractivity contribution < 1.29 is 13.2 Å². The van der Waals surface area contributed by atoms with E-state index in [2.05, 4.69) is 5.32 Å². The molecule has 1 amide bonds. The minimum Gasteiger partial charge on any atom is -0.355 e. The van der Waals surface area contributed by atoms with Crippen LogP contribution < -0.4 is 9.62 Å². The first-order valence-corrected chi connectivity index (χ1v) is 8.51. The summed E-state index contributed by atoms with van der Waals surface area (Å²) in [4.78, 5) is 11.9. The van der Waals surface area contributed by atoms with Crippen molar-refractivity contribution >= 4 is 44.8 Å². The Morgan fingerprint density at radius 3 is 2.50 bits per heavy atom. The van der Waals surface area contributed by atoms with E-state index in [4.69, 9.17) is 23.2 Å². The van der Waals surface area contributed by atoms with E-state index >= 15 is 0 Å². The van der Waals surface area contributed by atoms with Crippen molar-refractivity contribution in [1.82, 2.24) is 5.32 Å². The third-order valence-corrected chi connectivity index (χ3v) is 4.37. The van der Waals surface area contributed by atoms with Crippen LogP contribution in [-0.4, -0.2) is 33.2 Å². The maximum absolute atomic E-state index is 12.0. The van der Waals surface area contributed by atoms with Crippen molar-refractivity contribution in [1.29, 1.82) is 0 Å². The van der Waals surface area contributed by atoms with Gasteiger partial charge >= 0.3 is 0 Å². The fourth-order valence-corrected chi connectivity index (χ4v) is 3.36. The molecule has 0 heterocycles. The summed E-state index contributed by atoms with van der Waals surface area (Å²) in [6, 6.07) is 3.52. The van der Waals surface area contributed by atoms with Crippen molar-refractivity contribution in [3.63, 3.8) is 0 Å². The first kappa shape index (κ1) is 17.1. The number of carbonyl (C=O) groups is 1. The van der Waals surface area contributed by atoms with Crippen LogP contribution in [0.15, 0.2) is 18.2 Å². The molecule has 0 aromatic heterocycles. The highest BCUT2D eigenvalue weighted by molar-refractivity contribution is 7.92. The number of halogens is 2. The Bertz CT molecular complexity index is 605. The predicted octanol–water partition coefficient (Wildman–Crippen LogP) is 2.28. The van der Waals surface area contributed by atoms with Crippen LogP contribution in [-0.2, 0) is 14.8 Å². The summed E-state index contributed by atoms with van der Waals surface area (Å²) < 4.78 is 24.9. The second-order valence-electron chi connectivity index (χ2n) is 4.23. The summed E-state index contributed by atoms with van der Waals surface area (Å²) in [5.74, 6) is -0.408. The number of hydrogen-bond donors (Lipinski definition) is 1. The van der Waals surface area contributed by atoms with Crippen LogP contribution in [0.3, 0.4) is 0 Å². The molecular weight excluding hydrogens is 323 g/mol. The summed E-state index contributed by atoms with van der Waals surface area (Å²) in [6.07, 6.45) is 1.01. The lowest BCUT2D eigenvalue weighted by Gasteiger charge is -2.28. The molecule has 1 rings (SSSR count). The van der Waals surface area contributed by atoms with Gasteiger partial charge in [0.1, 0.15) is 6.04 Å². The average molecular weight is 339 g/mol. The van der Waals surface area contributed by atoms with Crippen LogP contribution in [0.5, 0.6) is 0 Å². The van der Waals surface area contributed by atoms with E-state index < -0.39 is 22.0 Å². The predicted molar refractivity (Wildman–Crippen MR) is 81.9 cm³/mol. The molecule has 0 radical (unpaired) electrons. The first-order chi connectivity index (χ1) is 9.18. The van der Waals surface area contributed by atoms with Gasteiger partial charge in [0.25, 0.3) is 0 Å². The zero-order chi connectivity index (χ0) is 15.5. The molecule has 0 aliphatic heterocycles. The van der Waals surface area contributed by atoms with Crippen molar-refractivity contribution in [3.8, 4) is 0 Å². The number of likely N-dealkylation sites (N-methyl/N-ethyl adjacent to an activating group) is 1. The van der Waals surface area contributed by atoms with Crippen molar-refractivity contribution in [2.45, 2.75) is 19.9 Å². The number of carbonyl (C=O) groups excluding carboxylic acids is 1. The Hall–Kier alpha value is -0.980. The van der Waals surface area contributed by atoms with Crippen LogP contribution >= 0.6 is 23.2 Å². The molecule has 0 saturated carbocycles. The van der Waals surface area contributed by atoms with E-state index in [1.54, 1.807) is 13.0 Å². The maximum atomic E-state index is 12.0. The van der Waals surface area contributed by atoms with Gasteiger partial charge in [-0.25, -0.2) is 8.42 Å². The van der Waals surface area contributed by atoms with E-state index in [9.17, 15) is 13.2 Å². The lowest BCUT2D eigenvalue weighted by atomic mass is 10.2. The van der Waals surface area contributed by atoms with E-state index in [1.165, 1.54) is 19.1 Å². The van der Waals surface area contributed by atoms with Gasteiger partial charge < -0.3 is 5.32 Å². The normalized spacial score (nSPS) is 12.8. The molecule has 0 saturated heterocycles. The fourth-order valence-electron chi connectivity index (χ4n) is 1.76. The molecule has 20 heavy (non-hydrogen) atoms. The molecule has 112 valence electrons. The number of hydrogen-bond acceptors (Lipinski definition) is 3. The monoisotopic (exact) mass is 338 g/mol. The van der Waals surface area contributed by atoms with Crippen LogP contribution in [0.2, 0.25) is 10.0 Å². The standard InChI is InChI=1S/C12H16Cl2N2O3S/c1-4-15-12(17)8(2)16(20(3,18)19)11-7-9(13)5-6-10(11)14/h5-8H,4H2,1-3H3,(H,15,17)/t8-/m0/s1. The van der Waals surface area contributed by atoms with Crippen LogP contribution in [0.4, 0.5) is 5.69 Å². The highest BCUT2D eigenvalue weighted by Gasteiger charge is 2.30. The molecule has 0 bridgehead atoms. The van der Waals surface area contributed by atoms with Crippen LogP contribution in [0.1, 0.15) is 13.8 Å². The Kier molecular flexibility index (Phi) is 5.68. The summed E-state index contributed by atoms with van der Waals surface area (Å²) in [5.41, 5.74) is 0.181. The minimum atomic E-state index is -3.69. The molecule has 1 N–H and O–H groups in total. The Labute approximate surface area is 128 Å². The van der Waals surface area contributed by atoms with Gasteiger partial charge in [-0.3, -0.25) is 9.10 Å². The molecule has 0 unspecified atom stereocenters. The third kappa shape index (κ3) is 4.01. The average Bonchev–Trinajstić information content (AvgIpc) is 2.32. The number of rotatable bonds is 5. The lowest BCUT2D eigenvalue weighted by molar-refractivity contribution is -0.121. The third-order valence-electron chi connectivity index (χ3n) is 2.59. The molecule has 5 nitrogen and oxygen atoms in total. The molecule has 0 fully saturated rings. The van der Waals surface area contributed by atoms with Gasteiger partial charge in [-0.1, -0.05) is 23.2 Å². The van der Waals surface area contributed by atoms with Gasteiger partial charge in [-0.15, -0.1) is 0 Å². The number of amides is 1. The molecule has 0 aliphatic carbocycles. The lowest BCUT2D eigenvalue weighted by Crippen LogP contribution is -2.48. The van der Waals surface area contributed by atoms with Crippen molar-refractivity contribution in [2.24, 2.45) is 0 Å². The number of nitrogens with zero attached hydrogens (tertiary/aromatic N) is 1. The second-order valence-corrected chi connectivity index (χ2v) is 6.93. The summed E-state index contributed by atoms with van der Waals surface area (Å²) in [7, 11) is -3.69. The zero-order valence-electron chi connectivity index (χ0n) is 11.4. The Balaban J connectivity index is 3.34. The van der Waals surface area contributed by atoms with E-state index in [-0.39, 0.29) is 10.7 Å². The van der Waals surface area contributed by atoms with Crippen molar-refractivity contribution in [2.75, 3.05) is 17.1 Å². The van der Waals surface area contributed by atoms with Gasteiger partial charge in [0.05, 0.1) is 17.0 Å². The summed E-state index contributed by atoms with van der Waals surface area (Å²) >= 11 is 11.9. The molecular formula is C12H16Cl2N2O3S. The minimum absolute atomic E-state index is 0.181. The maximum Gasteiger partial charge on any atom is 0.243 e. The highest BCUT2D eigenvalue weighted by Crippen LogP contribution is 2.32. The van der Waals surface area contributed by atoms with Crippen LogP contribution in [0.25, 0.3) is 0 Å². The molecule has 1 atom stereocenters. The van der Waals surface area contributed by atoms with E-state index in [0.717, 1.165) is 10.6 Å². The highest BCUT2D eigenvalue weighted by atomic mass is 35.5. The van der Waals surface area contributed by atoms with Crippen molar-refractivity contribution in [3.05, 3.63) is 28.2 Å². The van der Waals surface area contributed by atoms with Gasteiger partial charge in [-0.2, -0.15) is 0 Å². The molecule has 0 spiro atoms.